The Labute approximate surface area is 78.9 Å². The van der Waals surface area contributed by atoms with Crippen LogP contribution in [0, 0.1) is 0 Å². The van der Waals surface area contributed by atoms with E-state index in [1.54, 1.807) is 7.11 Å². The van der Waals surface area contributed by atoms with Gasteiger partial charge in [0.2, 0.25) is 0 Å². The molecule has 0 spiro atoms. The van der Waals surface area contributed by atoms with E-state index in [-0.39, 0.29) is 0 Å². The fraction of sp³-hybridized carbons (Fsp3) is 0.667. The van der Waals surface area contributed by atoms with Crippen LogP contribution in [0.15, 0.2) is 12.3 Å². The molecule has 1 aromatic heterocycles. The Kier molecular flexibility index (Phi) is 4.49. The zero-order valence-electron chi connectivity index (χ0n) is 8.29. The predicted octanol–water partition coefficient (Wildman–Crippen LogP) is 0.639. The minimum Gasteiger partial charge on any atom is -0.383 e. The van der Waals surface area contributed by atoms with Crippen molar-refractivity contribution in [3.63, 3.8) is 0 Å². The lowest BCUT2D eigenvalue weighted by Gasteiger charge is -2.06. The summed E-state index contributed by atoms with van der Waals surface area (Å²) >= 11 is 0. The van der Waals surface area contributed by atoms with Crippen molar-refractivity contribution in [3.8, 4) is 0 Å². The van der Waals surface area contributed by atoms with E-state index in [4.69, 9.17) is 4.74 Å². The van der Waals surface area contributed by atoms with E-state index in [1.165, 1.54) is 5.69 Å². The number of hydrogen-bond acceptors (Lipinski definition) is 3. The molecule has 4 heteroatoms. The van der Waals surface area contributed by atoms with Gasteiger partial charge >= 0.3 is 0 Å². The average Bonchev–Trinajstić information content (AvgIpc) is 2.59. The molecule has 0 aliphatic heterocycles. The maximum absolute atomic E-state index is 4.99. The molecule has 0 radical (unpaired) electrons. The van der Waals surface area contributed by atoms with Gasteiger partial charge in [0.25, 0.3) is 0 Å². The second kappa shape index (κ2) is 5.72. The molecular formula is C9H17N3O. The van der Waals surface area contributed by atoms with Crippen LogP contribution < -0.4 is 5.32 Å². The second-order valence-corrected chi connectivity index (χ2v) is 2.82. The molecule has 1 heterocycles. The summed E-state index contributed by atoms with van der Waals surface area (Å²) < 4.78 is 6.96. The number of aromatic nitrogens is 2. The lowest BCUT2D eigenvalue weighted by molar-refractivity contribution is 0.182. The number of methoxy groups -OCH3 is 1. The van der Waals surface area contributed by atoms with E-state index in [2.05, 4.69) is 17.3 Å². The first-order valence-electron chi connectivity index (χ1n) is 4.58. The summed E-state index contributed by atoms with van der Waals surface area (Å²) in [4.78, 5) is 0. The van der Waals surface area contributed by atoms with Crippen molar-refractivity contribution in [2.75, 3.05) is 20.3 Å². The molecule has 0 aromatic carbocycles. The summed E-state index contributed by atoms with van der Waals surface area (Å²) in [5.74, 6) is 0. The summed E-state index contributed by atoms with van der Waals surface area (Å²) in [5, 5.41) is 7.47. The van der Waals surface area contributed by atoms with Gasteiger partial charge in [-0.05, 0) is 12.6 Å². The number of ether oxygens (including phenoxy) is 1. The van der Waals surface area contributed by atoms with E-state index in [9.17, 15) is 0 Å². The maximum atomic E-state index is 4.99. The molecule has 0 aliphatic rings. The van der Waals surface area contributed by atoms with Gasteiger partial charge in [0.1, 0.15) is 0 Å². The van der Waals surface area contributed by atoms with Crippen LogP contribution in [0.4, 0.5) is 0 Å². The first-order valence-corrected chi connectivity index (χ1v) is 4.58. The molecule has 0 atom stereocenters. The highest BCUT2D eigenvalue weighted by Crippen LogP contribution is 1.97. The third kappa shape index (κ3) is 3.16. The molecule has 0 saturated heterocycles. The van der Waals surface area contributed by atoms with Crippen LogP contribution in [0.25, 0.3) is 0 Å². The SMILES string of the molecule is CCNCc1ccnn1CCOC. The highest BCUT2D eigenvalue weighted by Gasteiger charge is 1.99. The molecule has 0 saturated carbocycles. The van der Waals surface area contributed by atoms with Gasteiger partial charge in [-0.25, -0.2) is 0 Å². The van der Waals surface area contributed by atoms with Crippen molar-refractivity contribution >= 4 is 0 Å². The fourth-order valence-electron chi connectivity index (χ4n) is 1.14. The largest absolute Gasteiger partial charge is 0.383 e. The first kappa shape index (κ1) is 10.2. The van der Waals surface area contributed by atoms with Gasteiger partial charge in [0.05, 0.1) is 18.8 Å². The van der Waals surface area contributed by atoms with Crippen LogP contribution in [0.5, 0.6) is 0 Å². The average molecular weight is 183 g/mol. The smallest absolute Gasteiger partial charge is 0.0658 e. The van der Waals surface area contributed by atoms with Crippen molar-refractivity contribution in [2.24, 2.45) is 0 Å². The van der Waals surface area contributed by atoms with Crippen molar-refractivity contribution in [3.05, 3.63) is 18.0 Å². The monoisotopic (exact) mass is 183 g/mol. The molecule has 0 amide bonds. The lowest BCUT2D eigenvalue weighted by atomic mass is 10.4. The number of hydrogen-bond donors (Lipinski definition) is 1. The lowest BCUT2D eigenvalue weighted by Crippen LogP contribution is -2.17. The summed E-state index contributed by atoms with van der Waals surface area (Å²) in [7, 11) is 1.70. The Morgan fingerprint density at radius 1 is 1.62 bits per heavy atom. The Balaban J connectivity index is 2.45. The van der Waals surface area contributed by atoms with E-state index < -0.39 is 0 Å². The molecule has 0 unspecified atom stereocenters. The van der Waals surface area contributed by atoms with Crippen LogP contribution in [0.2, 0.25) is 0 Å². The van der Waals surface area contributed by atoms with Crippen LogP contribution in [0.3, 0.4) is 0 Å². The minimum atomic E-state index is 0.709. The van der Waals surface area contributed by atoms with Gasteiger partial charge in [-0.3, -0.25) is 4.68 Å². The van der Waals surface area contributed by atoms with Gasteiger partial charge in [0.15, 0.2) is 0 Å². The molecule has 74 valence electrons. The first-order chi connectivity index (χ1) is 6.38. The van der Waals surface area contributed by atoms with E-state index in [0.29, 0.717) is 6.61 Å². The highest BCUT2D eigenvalue weighted by atomic mass is 16.5. The Bertz CT molecular complexity index is 212. The molecule has 13 heavy (non-hydrogen) atoms. The number of nitrogens with one attached hydrogen (secondary N) is 1. The topological polar surface area (TPSA) is 39.1 Å². The zero-order chi connectivity index (χ0) is 9.52. The third-order valence-corrected chi connectivity index (χ3v) is 1.87. The van der Waals surface area contributed by atoms with Gasteiger partial charge in [0, 0.05) is 19.9 Å². The molecule has 0 bridgehead atoms. The van der Waals surface area contributed by atoms with Crippen molar-refractivity contribution in [1.82, 2.24) is 15.1 Å². The minimum absolute atomic E-state index is 0.709. The van der Waals surface area contributed by atoms with Crippen molar-refractivity contribution in [1.29, 1.82) is 0 Å². The van der Waals surface area contributed by atoms with Crippen LogP contribution in [-0.4, -0.2) is 30.0 Å². The maximum Gasteiger partial charge on any atom is 0.0658 e. The number of rotatable bonds is 6. The summed E-state index contributed by atoms with van der Waals surface area (Å²) in [5.41, 5.74) is 1.21. The van der Waals surface area contributed by atoms with E-state index >= 15 is 0 Å². The quantitative estimate of drug-likeness (QED) is 0.703. The summed E-state index contributed by atoms with van der Waals surface area (Å²) in [6.07, 6.45) is 1.82. The Morgan fingerprint density at radius 3 is 3.15 bits per heavy atom. The molecule has 4 nitrogen and oxygen atoms in total. The van der Waals surface area contributed by atoms with Gasteiger partial charge in [-0.1, -0.05) is 6.92 Å². The second-order valence-electron chi connectivity index (χ2n) is 2.82. The van der Waals surface area contributed by atoms with Crippen molar-refractivity contribution in [2.45, 2.75) is 20.0 Å². The summed E-state index contributed by atoms with van der Waals surface area (Å²) in [6.45, 7) is 5.48. The Morgan fingerprint density at radius 2 is 2.46 bits per heavy atom. The van der Waals surface area contributed by atoms with Gasteiger partial charge in [-0.15, -0.1) is 0 Å². The standard InChI is InChI=1S/C9H17N3O/c1-3-10-8-9-4-5-11-12(9)6-7-13-2/h4-5,10H,3,6-8H2,1-2H3. The molecule has 0 fully saturated rings. The van der Waals surface area contributed by atoms with Crippen LogP contribution in [-0.2, 0) is 17.8 Å². The molecule has 1 N–H and O–H groups in total. The normalized spacial score (nSPS) is 10.6. The number of nitrogens with zero attached hydrogens (tertiary/aromatic N) is 2. The highest BCUT2D eigenvalue weighted by molar-refractivity contribution is 4.99. The van der Waals surface area contributed by atoms with Crippen LogP contribution >= 0.6 is 0 Å². The van der Waals surface area contributed by atoms with Crippen molar-refractivity contribution < 1.29 is 4.74 Å². The Hall–Kier alpha value is -0.870. The third-order valence-electron chi connectivity index (χ3n) is 1.87. The molecule has 1 aromatic rings. The molecule has 0 aliphatic carbocycles. The molecular weight excluding hydrogens is 166 g/mol. The zero-order valence-corrected chi connectivity index (χ0v) is 8.29. The fourth-order valence-corrected chi connectivity index (χ4v) is 1.14. The predicted molar refractivity (Wildman–Crippen MR) is 51.5 cm³/mol. The molecule has 1 rings (SSSR count). The van der Waals surface area contributed by atoms with E-state index in [1.807, 2.05) is 16.9 Å². The van der Waals surface area contributed by atoms with Crippen LogP contribution in [0.1, 0.15) is 12.6 Å². The van der Waals surface area contributed by atoms with Gasteiger partial charge < -0.3 is 10.1 Å². The van der Waals surface area contributed by atoms with Gasteiger partial charge in [-0.2, -0.15) is 5.10 Å². The van der Waals surface area contributed by atoms with E-state index in [0.717, 1.165) is 19.6 Å². The summed E-state index contributed by atoms with van der Waals surface area (Å²) in [6, 6.07) is 2.03.